The highest BCUT2D eigenvalue weighted by Crippen LogP contribution is 2.23. The van der Waals surface area contributed by atoms with Crippen LogP contribution in [0.4, 0.5) is 4.39 Å². The number of methoxy groups -OCH3 is 1. The Morgan fingerprint density at radius 1 is 1.24 bits per heavy atom. The first-order valence-corrected chi connectivity index (χ1v) is 9.23. The maximum Gasteiger partial charge on any atom is 0.331 e. The van der Waals surface area contributed by atoms with Crippen LogP contribution in [0.5, 0.6) is 5.75 Å². The van der Waals surface area contributed by atoms with Crippen molar-refractivity contribution in [1.29, 1.82) is 0 Å². The number of carbonyl (C=O) groups is 2. The molecule has 0 spiro atoms. The first kappa shape index (κ1) is 20.3. The van der Waals surface area contributed by atoms with Gasteiger partial charge in [0.2, 0.25) is 0 Å². The van der Waals surface area contributed by atoms with Crippen molar-refractivity contribution in [2.75, 3.05) is 7.11 Å². The Morgan fingerprint density at radius 2 is 2.07 bits per heavy atom. The van der Waals surface area contributed by atoms with E-state index in [1.807, 2.05) is 6.07 Å². The molecule has 0 aliphatic carbocycles. The smallest absolute Gasteiger partial charge is 0.331 e. The maximum atomic E-state index is 13.3. The lowest BCUT2D eigenvalue weighted by Gasteiger charge is -2.08. The van der Waals surface area contributed by atoms with Gasteiger partial charge >= 0.3 is 5.97 Å². The fourth-order valence-electron chi connectivity index (χ4n) is 2.29. The van der Waals surface area contributed by atoms with Crippen molar-refractivity contribution in [1.82, 2.24) is 5.32 Å². The van der Waals surface area contributed by atoms with Crippen molar-refractivity contribution in [2.45, 2.75) is 6.61 Å². The second-order valence-corrected chi connectivity index (χ2v) is 6.72. The zero-order valence-electron chi connectivity index (χ0n) is 15.3. The summed E-state index contributed by atoms with van der Waals surface area (Å²) in [5, 5.41) is 10.6. The van der Waals surface area contributed by atoms with Crippen LogP contribution in [0.3, 0.4) is 0 Å². The second kappa shape index (κ2) is 9.65. The third-order valence-corrected chi connectivity index (χ3v) is 4.55. The molecule has 9 heteroatoms. The summed E-state index contributed by atoms with van der Waals surface area (Å²) >= 11 is 0.980. The number of esters is 1. The molecule has 7 nitrogen and oxygen atoms in total. The van der Waals surface area contributed by atoms with Crippen LogP contribution in [-0.2, 0) is 20.9 Å². The number of halogens is 1. The number of para-hydroxylation sites is 1. The van der Waals surface area contributed by atoms with Crippen molar-refractivity contribution in [3.63, 3.8) is 0 Å². The van der Waals surface area contributed by atoms with Crippen LogP contribution in [-0.4, -0.2) is 30.4 Å². The summed E-state index contributed by atoms with van der Waals surface area (Å²) in [5.74, 6) is -0.853. The normalized spacial score (nSPS) is 16.4. The van der Waals surface area contributed by atoms with E-state index in [1.165, 1.54) is 25.5 Å². The minimum Gasteiger partial charge on any atom is -0.488 e. The van der Waals surface area contributed by atoms with Crippen LogP contribution >= 0.6 is 11.8 Å². The molecule has 1 amide bonds. The van der Waals surface area contributed by atoms with Gasteiger partial charge in [-0.25, -0.2) is 9.18 Å². The fraction of sp³-hybridized carbons (Fsp3) is 0.100. The summed E-state index contributed by atoms with van der Waals surface area (Å²) in [7, 11) is 1.23. The Bertz CT molecular complexity index is 1020. The zero-order chi connectivity index (χ0) is 20.6. The highest BCUT2D eigenvalue weighted by molar-refractivity contribution is 8.18. The van der Waals surface area contributed by atoms with Gasteiger partial charge in [-0.15, -0.1) is 5.10 Å². The Hall–Kier alpha value is -3.46. The monoisotopic (exact) mass is 413 g/mol. The quantitative estimate of drug-likeness (QED) is 0.340. The molecule has 0 saturated carbocycles. The van der Waals surface area contributed by atoms with Gasteiger partial charge in [-0.1, -0.05) is 24.3 Å². The predicted octanol–water partition coefficient (Wildman–Crippen LogP) is 3.01. The number of thioether (sulfide) groups is 1. The molecule has 1 N–H and O–H groups in total. The van der Waals surface area contributed by atoms with E-state index in [2.05, 4.69) is 20.3 Å². The van der Waals surface area contributed by atoms with E-state index in [0.29, 0.717) is 16.9 Å². The minimum atomic E-state index is -0.628. The van der Waals surface area contributed by atoms with E-state index in [-0.39, 0.29) is 22.5 Å². The molecule has 1 aliphatic heterocycles. The Morgan fingerprint density at radius 3 is 2.86 bits per heavy atom. The third kappa shape index (κ3) is 5.76. The van der Waals surface area contributed by atoms with E-state index in [0.717, 1.165) is 17.8 Å². The molecule has 1 saturated heterocycles. The number of rotatable bonds is 6. The standard InChI is InChI=1S/C20H16FN3O4S/c1-27-18(25)10-17-19(26)23-20(29-17)24-22-11-14-6-2-3-8-16(14)28-12-13-5-4-7-15(21)9-13/h2-11H,12H2,1H3,(H,23,24,26)/b17-10+,22-11?. The zero-order valence-corrected chi connectivity index (χ0v) is 16.1. The van der Waals surface area contributed by atoms with E-state index in [4.69, 9.17) is 4.74 Å². The van der Waals surface area contributed by atoms with Crippen LogP contribution in [0.1, 0.15) is 11.1 Å². The average molecular weight is 413 g/mol. The molecule has 148 valence electrons. The van der Waals surface area contributed by atoms with Gasteiger partial charge in [-0.2, -0.15) is 5.10 Å². The molecular formula is C20H16FN3O4S. The molecule has 1 aliphatic rings. The SMILES string of the molecule is COC(=O)/C=C1/S/C(=N\N=Cc2ccccc2OCc2cccc(F)c2)NC1=O. The molecule has 1 heterocycles. The van der Waals surface area contributed by atoms with Crippen LogP contribution in [0.2, 0.25) is 0 Å². The second-order valence-electron chi connectivity index (χ2n) is 5.69. The van der Waals surface area contributed by atoms with Crippen molar-refractivity contribution in [2.24, 2.45) is 10.2 Å². The van der Waals surface area contributed by atoms with E-state index in [9.17, 15) is 14.0 Å². The number of hydrogen-bond donors (Lipinski definition) is 1. The number of benzene rings is 2. The molecule has 0 unspecified atom stereocenters. The molecular weight excluding hydrogens is 397 g/mol. The van der Waals surface area contributed by atoms with Crippen molar-refractivity contribution in [3.8, 4) is 5.75 Å². The maximum absolute atomic E-state index is 13.3. The topological polar surface area (TPSA) is 89.3 Å². The van der Waals surface area contributed by atoms with Crippen LogP contribution in [0.25, 0.3) is 0 Å². The highest BCUT2D eigenvalue weighted by Gasteiger charge is 2.25. The van der Waals surface area contributed by atoms with Crippen LogP contribution in [0, 0.1) is 5.82 Å². The summed E-state index contributed by atoms with van der Waals surface area (Å²) < 4.78 is 23.5. The first-order valence-electron chi connectivity index (χ1n) is 8.41. The summed E-state index contributed by atoms with van der Waals surface area (Å²) in [4.78, 5) is 23.2. The lowest BCUT2D eigenvalue weighted by Crippen LogP contribution is -2.19. The van der Waals surface area contributed by atoms with Gasteiger partial charge in [-0.05, 0) is 41.6 Å². The molecule has 0 atom stereocenters. The van der Waals surface area contributed by atoms with Gasteiger partial charge in [0, 0.05) is 11.6 Å². The highest BCUT2D eigenvalue weighted by atomic mass is 32.2. The summed E-state index contributed by atoms with van der Waals surface area (Å²) in [6, 6.07) is 13.3. The van der Waals surface area contributed by atoms with Crippen molar-refractivity contribution >= 4 is 35.0 Å². The Balaban J connectivity index is 1.67. The number of nitrogens with one attached hydrogen (secondary N) is 1. The first-order chi connectivity index (χ1) is 14.0. The largest absolute Gasteiger partial charge is 0.488 e. The van der Waals surface area contributed by atoms with Gasteiger partial charge in [0.15, 0.2) is 5.17 Å². The molecule has 0 bridgehead atoms. The number of nitrogens with zero attached hydrogens (tertiary/aromatic N) is 2. The molecule has 0 aromatic heterocycles. The molecule has 0 radical (unpaired) electrons. The summed E-state index contributed by atoms with van der Waals surface area (Å²) in [6.07, 6.45) is 2.56. The van der Waals surface area contributed by atoms with Gasteiger partial charge in [0.25, 0.3) is 5.91 Å². The van der Waals surface area contributed by atoms with Crippen molar-refractivity contribution < 1.29 is 23.5 Å². The van der Waals surface area contributed by atoms with E-state index in [1.54, 1.807) is 30.3 Å². The Kier molecular flexibility index (Phi) is 6.75. The third-order valence-electron chi connectivity index (χ3n) is 3.65. The Labute approximate surface area is 170 Å². The van der Waals surface area contributed by atoms with E-state index >= 15 is 0 Å². The number of carbonyl (C=O) groups excluding carboxylic acids is 2. The molecule has 2 aromatic rings. The van der Waals surface area contributed by atoms with Gasteiger partial charge in [0.05, 0.1) is 18.2 Å². The van der Waals surface area contributed by atoms with Crippen LogP contribution in [0.15, 0.2) is 69.7 Å². The summed E-state index contributed by atoms with van der Waals surface area (Å²) in [5.41, 5.74) is 1.36. The number of ether oxygens (including phenoxy) is 2. The lowest BCUT2D eigenvalue weighted by atomic mass is 10.2. The molecule has 1 fully saturated rings. The van der Waals surface area contributed by atoms with Gasteiger partial charge in [0.1, 0.15) is 18.2 Å². The lowest BCUT2D eigenvalue weighted by molar-refractivity contribution is -0.135. The number of amides is 1. The molecule has 3 rings (SSSR count). The predicted molar refractivity (Wildman–Crippen MR) is 108 cm³/mol. The van der Waals surface area contributed by atoms with E-state index < -0.39 is 11.9 Å². The van der Waals surface area contributed by atoms with Gasteiger partial charge in [-0.3, -0.25) is 10.1 Å². The molecule has 29 heavy (non-hydrogen) atoms. The fourth-order valence-corrected chi connectivity index (χ4v) is 3.03. The minimum absolute atomic E-state index is 0.171. The van der Waals surface area contributed by atoms with Crippen molar-refractivity contribution in [3.05, 3.63) is 76.5 Å². The van der Waals surface area contributed by atoms with Gasteiger partial charge < -0.3 is 9.47 Å². The molecule has 2 aromatic carbocycles. The number of hydrogen-bond acceptors (Lipinski definition) is 7. The average Bonchev–Trinajstić information content (AvgIpc) is 3.06. The van der Waals surface area contributed by atoms with Crippen LogP contribution < -0.4 is 10.1 Å². The number of amidine groups is 1. The summed E-state index contributed by atoms with van der Waals surface area (Å²) in [6.45, 7) is 0.199.